The zero-order valence-electron chi connectivity index (χ0n) is 11.2. The fourth-order valence-corrected chi connectivity index (χ4v) is 2.30. The van der Waals surface area contributed by atoms with E-state index in [1.807, 2.05) is 12.1 Å². The van der Waals surface area contributed by atoms with E-state index in [0.717, 1.165) is 25.4 Å². The van der Waals surface area contributed by atoms with Crippen molar-refractivity contribution >= 4 is 0 Å². The van der Waals surface area contributed by atoms with Crippen LogP contribution >= 0.6 is 0 Å². The van der Waals surface area contributed by atoms with Crippen LogP contribution in [0.2, 0.25) is 0 Å². The number of benzene rings is 1. The molecule has 0 aromatic heterocycles. The standard InChI is InChI=1S/C15H23NO2/c1-17-14-8-6-13(7-9-14)12-16-10-2-4-15-5-3-11-18-15/h6-9,15-16H,2-5,10-12H2,1H3. The zero-order valence-corrected chi connectivity index (χ0v) is 11.2. The molecule has 0 spiro atoms. The zero-order chi connectivity index (χ0) is 12.6. The lowest BCUT2D eigenvalue weighted by Gasteiger charge is -2.09. The van der Waals surface area contributed by atoms with Crippen molar-refractivity contribution in [3.63, 3.8) is 0 Å². The summed E-state index contributed by atoms with van der Waals surface area (Å²) in [6.07, 6.45) is 5.39. The van der Waals surface area contributed by atoms with Gasteiger partial charge in [0.2, 0.25) is 0 Å². The highest BCUT2D eigenvalue weighted by atomic mass is 16.5. The molecule has 1 aromatic rings. The summed E-state index contributed by atoms with van der Waals surface area (Å²) in [5, 5.41) is 3.47. The molecule has 2 rings (SSSR count). The van der Waals surface area contributed by atoms with Gasteiger partial charge >= 0.3 is 0 Å². The van der Waals surface area contributed by atoms with Gasteiger partial charge in [-0.1, -0.05) is 12.1 Å². The van der Waals surface area contributed by atoms with Gasteiger partial charge in [-0.05, 0) is 49.9 Å². The number of hydrogen-bond acceptors (Lipinski definition) is 3. The van der Waals surface area contributed by atoms with E-state index in [1.54, 1.807) is 7.11 Å². The molecule has 0 bridgehead atoms. The molecular weight excluding hydrogens is 226 g/mol. The normalized spacial score (nSPS) is 19.1. The first-order chi connectivity index (χ1) is 8.88. The Morgan fingerprint density at radius 1 is 1.33 bits per heavy atom. The average Bonchev–Trinajstić information content (AvgIpc) is 2.92. The number of methoxy groups -OCH3 is 1. The number of nitrogens with one attached hydrogen (secondary N) is 1. The van der Waals surface area contributed by atoms with Gasteiger partial charge in [0.1, 0.15) is 5.75 Å². The number of ether oxygens (including phenoxy) is 2. The van der Waals surface area contributed by atoms with Crippen molar-refractivity contribution < 1.29 is 9.47 Å². The topological polar surface area (TPSA) is 30.5 Å². The van der Waals surface area contributed by atoms with Crippen LogP contribution in [0.1, 0.15) is 31.2 Å². The Balaban J connectivity index is 1.56. The van der Waals surface area contributed by atoms with E-state index >= 15 is 0 Å². The molecule has 1 aliphatic rings. The molecule has 0 saturated carbocycles. The fourth-order valence-electron chi connectivity index (χ4n) is 2.30. The lowest BCUT2D eigenvalue weighted by molar-refractivity contribution is 0.102. The lowest BCUT2D eigenvalue weighted by Crippen LogP contribution is -2.16. The highest BCUT2D eigenvalue weighted by molar-refractivity contribution is 5.26. The van der Waals surface area contributed by atoms with Crippen LogP contribution in [0.25, 0.3) is 0 Å². The largest absolute Gasteiger partial charge is 0.497 e. The summed E-state index contributed by atoms with van der Waals surface area (Å²) < 4.78 is 10.7. The van der Waals surface area contributed by atoms with Crippen LogP contribution in [-0.2, 0) is 11.3 Å². The summed E-state index contributed by atoms with van der Waals surface area (Å²) in [5.41, 5.74) is 1.30. The number of rotatable bonds is 7. The summed E-state index contributed by atoms with van der Waals surface area (Å²) in [4.78, 5) is 0. The lowest BCUT2D eigenvalue weighted by atomic mass is 10.1. The summed E-state index contributed by atoms with van der Waals surface area (Å²) >= 11 is 0. The van der Waals surface area contributed by atoms with Crippen LogP contribution in [0.15, 0.2) is 24.3 Å². The minimum Gasteiger partial charge on any atom is -0.497 e. The van der Waals surface area contributed by atoms with Crippen LogP contribution in [-0.4, -0.2) is 26.4 Å². The highest BCUT2D eigenvalue weighted by Gasteiger charge is 2.14. The molecule has 1 N–H and O–H groups in total. The summed E-state index contributed by atoms with van der Waals surface area (Å²) in [7, 11) is 1.69. The highest BCUT2D eigenvalue weighted by Crippen LogP contribution is 2.16. The maximum atomic E-state index is 5.60. The Morgan fingerprint density at radius 2 is 2.17 bits per heavy atom. The number of hydrogen-bond donors (Lipinski definition) is 1. The maximum Gasteiger partial charge on any atom is 0.118 e. The molecule has 1 aromatic carbocycles. The van der Waals surface area contributed by atoms with Crippen molar-refractivity contribution in [3.8, 4) is 5.75 Å². The Hall–Kier alpha value is -1.06. The second kappa shape index (κ2) is 7.39. The van der Waals surface area contributed by atoms with E-state index in [1.165, 1.54) is 31.2 Å². The molecule has 1 heterocycles. The van der Waals surface area contributed by atoms with Crippen molar-refractivity contribution in [2.24, 2.45) is 0 Å². The molecule has 1 atom stereocenters. The molecule has 0 radical (unpaired) electrons. The van der Waals surface area contributed by atoms with E-state index in [9.17, 15) is 0 Å². The minimum absolute atomic E-state index is 0.521. The van der Waals surface area contributed by atoms with E-state index in [-0.39, 0.29) is 0 Å². The van der Waals surface area contributed by atoms with Gasteiger partial charge in [0.05, 0.1) is 13.2 Å². The van der Waals surface area contributed by atoms with Crippen LogP contribution in [0, 0.1) is 0 Å². The predicted octanol–water partition coefficient (Wildman–Crippen LogP) is 2.74. The molecule has 1 unspecified atom stereocenters. The Morgan fingerprint density at radius 3 is 2.83 bits per heavy atom. The Labute approximate surface area is 109 Å². The third-order valence-electron chi connectivity index (χ3n) is 3.39. The van der Waals surface area contributed by atoms with Gasteiger partial charge in [-0.2, -0.15) is 0 Å². The van der Waals surface area contributed by atoms with E-state index in [4.69, 9.17) is 9.47 Å². The molecule has 3 heteroatoms. The molecule has 3 nitrogen and oxygen atoms in total. The van der Waals surface area contributed by atoms with Crippen molar-refractivity contribution in [1.29, 1.82) is 0 Å². The maximum absolute atomic E-state index is 5.60. The fraction of sp³-hybridized carbons (Fsp3) is 0.600. The SMILES string of the molecule is COc1ccc(CNCCCC2CCCO2)cc1. The summed E-state index contributed by atoms with van der Waals surface area (Å²) in [6.45, 7) is 2.95. The van der Waals surface area contributed by atoms with Crippen LogP contribution in [0.5, 0.6) is 5.75 Å². The van der Waals surface area contributed by atoms with E-state index in [0.29, 0.717) is 6.10 Å². The first kappa shape index (κ1) is 13.4. The average molecular weight is 249 g/mol. The Kier molecular flexibility index (Phi) is 5.49. The minimum atomic E-state index is 0.521. The second-order valence-corrected chi connectivity index (χ2v) is 4.80. The molecule has 0 aliphatic carbocycles. The monoisotopic (exact) mass is 249 g/mol. The molecular formula is C15H23NO2. The molecule has 0 amide bonds. The quantitative estimate of drug-likeness (QED) is 0.754. The third kappa shape index (κ3) is 4.31. The smallest absolute Gasteiger partial charge is 0.118 e. The molecule has 1 aliphatic heterocycles. The first-order valence-corrected chi connectivity index (χ1v) is 6.84. The van der Waals surface area contributed by atoms with E-state index in [2.05, 4.69) is 17.4 Å². The molecule has 18 heavy (non-hydrogen) atoms. The van der Waals surface area contributed by atoms with Crippen molar-refractivity contribution in [2.45, 2.75) is 38.3 Å². The van der Waals surface area contributed by atoms with Gasteiger partial charge in [-0.3, -0.25) is 0 Å². The second-order valence-electron chi connectivity index (χ2n) is 4.80. The van der Waals surface area contributed by atoms with Gasteiger partial charge in [0, 0.05) is 13.2 Å². The Bertz CT molecular complexity index is 331. The van der Waals surface area contributed by atoms with Gasteiger partial charge < -0.3 is 14.8 Å². The van der Waals surface area contributed by atoms with Crippen LogP contribution < -0.4 is 10.1 Å². The first-order valence-electron chi connectivity index (χ1n) is 6.84. The van der Waals surface area contributed by atoms with Gasteiger partial charge in [-0.15, -0.1) is 0 Å². The van der Waals surface area contributed by atoms with Crippen LogP contribution in [0.3, 0.4) is 0 Å². The summed E-state index contributed by atoms with van der Waals surface area (Å²) in [6, 6.07) is 8.21. The van der Waals surface area contributed by atoms with Gasteiger partial charge in [0.25, 0.3) is 0 Å². The molecule has 1 fully saturated rings. The van der Waals surface area contributed by atoms with Gasteiger partial charge in [0.15, 0.2) is 0 Å². The van der Waals surface area contributed by atoms with Crippen molar-refractivity contribution in [3.05, 3.63) is 29.8 Å². The third-order valence-corrected chi connectivity index (χ3v) is 3.39. The van der Waals surface area contributed by atoms with Crippen molar-refractivity contribution in [1.82, 2.24) is 5.32 Å². The summed E-state index contributed by atoms with van der Waals surface area (Å²) in [5.74, 6) is 0.914. The van der Waals surface area contributed by atoms with Crippen molar-refractivity contribution in [2.75, 3.05) is 20.3 Å². The van der Waals surface area contributed by atoms with Crippen LogP contribution in [0.4, 0.5) is 0 Å². The molecule has 100 valence electrons. The predicted molar refractivity (Wildman–Crippen MR) is 72.9 cm³/mol. The van der Waals surface area contributed by atoms with E-state index < -0.39 is 0 Å². The van der Waals surface area contributed by atoms with Gasteiger partial charge in [-0.25, -0.2) is 0 Å². The molecule has 1 saturated heterocycles.